The zero-order valence-corrected chi connectivity index (χ0v) is 11.9. The van der Waals surface area contributed by atoms with Gasteiger partial charge in [0, 0.05) is 21.7 Å². The number of amides is 1. The van der Waals surface area contributed by atoms with Gasteiger partial charge in [0.1, 0.15) is 0 Å². The van der Waals surface area contributed by atoms with Crippen LogP contribution in [0.5, 0.6) is 0 Å². The average Bonchev–Trinajstić information content (AvgIpc) is 2.83. The van der Waals surface area contributed by atoms with Gasteiger partial charge in [0.25, 0.3) is 5.91 Å². The lowest BCUT2D eigenvalue weighted by atomic mass is 10.1. The minimum atomic E-state index is 0.0272. The molecular weight excluding hydrogens is 327 g/mol. The molecule has 2 N–H and O–H groups in total. The largest absolute Gasteiger partial charge is 0.352 e. The van der Waals surface area contributed by atoms with Gasteiger partial charge < -0.3 is 10.6 Å². The van der Waals surface area contributed by atoms with Crippen molar-refractivity contribution >= 4 is 28.5 Å². The van der Waals surface area contributed by atoms with Gasteiger partial charge in [0.2, 0.25) is 0 Å². The van der Waals surface area contributed by atoms with Crippen molar-refractivity contribution in [3.63, 3.8) is 0 Å². The van der Waals surface area contributed by atoms with Crippen LogP contribution in [0.1, 0.15) is 29.6 Å². The fourth-order valence-electron chi connectivity index (χ4n) is 2.07. The second-order valence-electron chi connectivity index (χ2n) is 4.34. The van der Waals surface area contributed by atoms with Crippen molar-refractivity contribution in [3.8, 4) is 0 Å². The van der Waals surface area contributed by atoms with E-state index < -0.39 is 0 Å². The van der Waals surface area contributed by atoms with Crippen molar-refractivity contribution in [1.82, 2.24) is 10.6 Å². The van der Waals surface area contributed by atoms with Crippen LogP contribution in [-0.4, -0.2) is 25.0 Å². The number of nitrogens with one attached hydrogen (secondary N) is 2. The zero-order chi connectivity index (χ0) is 12.1. The van der Waals surface area contributed by atoms with Crippen LogP contribution in [0.15, 0.2) is 24.3 Å². The maximum atomic E-state index is 11.8. The molecule has 92 valence electrons. The normalized spacial score (nSPS) is 19.2. The molecular formula is C13H17IN2O. The average molecular weight is 344 g/mol. The van der Waals surface area contributed by atoms with E-state index in [1.54, 1.807) is 0 Å². The summed E-state index contributed by atoms with van der Waals surface area (Å²) >= 11 is 2.23. The lowest BCUT2D eigenvalue weighted by Gasteiger charge is -2.10. The second kappa shape index (κ2) is 6.35. The molecule has 17 heavy (non-hydrogen) atoms. The van der Waals surface area contributed by atoms with Gasteiger partial charge in [0.05, 0.1) is 0 Å². The van der Waals surface area contributed by atoms with Crippen LogP contribution < -0.4 is 10.6 Å². The fraction of sp³-hybridized carbons (Fsp3) is 0.462. The van der Waals surface area contributed by atoms with Gasteiger partial charge in [-0.15, -0.1) is 0 Å². The van der Waals surface area contributed by atoms with Crippen LogP contribution in [0.2, 0.25) is 0 Å². The van der Waals surface area contributed by atoms with Gasteiger partial charge in [-0.3, -0.25) is 4.79 Å². The number of carbonyl (C=O) groups is 1. The predicted octanol–water partition coefficient (Wildman–Crippen LogP) is 2.16. The molecule has 0 bridgehead atoms. The van der Waals surface area contributed by atoms with E-state index in [-0.39, 0.29) is 5.91 Å². The molecule has 1 fully saturated rings. The zero-order valence-electron chi connectivity index (χ0n) is 9.71. The number of rotatable bonds is 4. The van der Waals surface area contributed by atoms with E-state index in [9.17, 15) is 4.79 Å². The van der Waals surface area contributed by atoms with Gasteiger partial charge in [-0.1, -0.05) is 0 Å². The third kappa shape index (κ3) is 3.96. The van der Waals surface area contributed by atoms with Gasteiger partial charge in [-0.2, -0.15) is 0 Å². The van der Waals surface area contributed by atoms with Gasteiger partial charge in [0.15, 0.2) is 0 Å². The monoisotopic (exact) mass is 344 g/mol. The fourth-order valence-corrected chi connectivity index (χ4v) is 2.43. The molecule has 1 atom stereocenters. The molecule has 1 aromatic rings. The van der Waals surface area contributed by atoms with Crippen molar-refractivity contribution in [2.75, 3.05) is 13.1 Å². The Morgan fingerprint density at radius 3 is 2.82 bits per heavy atom. The maximum Gasteiger partial charge on any atom is 0.251 e. The molecule has 4 heteroatoms. The summed E-state index contributed by atoms with van der Waals surface area (Å²) in [6.07, 6.45) is 3.52. The molecule has 0 saturated carbocycles. The summed E-state index contributed by atoms with van der Waals surface area (Å²) in [6.45, 7) is 1.87. The van der Waals surface area contributed by atoms with E-state index in [0.29, 0.717) is 6.04 Å². The van der Waals surface area contributed by atoms with Crippen LogP contribution in [0.25, 0.3) is 0 Å². The Morgan fingerprint density at radius 2 is 2.18 bits per heavy atom. The Labute approximate surface area is 116 Å². The van der Waals surface area contributed by atoms with E-state index in [2.05, 4.69) is 33.2 Å². The SMILES string of the molecule is O=C(NCC[C@@H]1CCCN1)c1ccc(I)cc1. The molecule has 0 radical (unpaired) electrons. The minimum Gasteiger partial charge on any atom is -0.352 e. The molecule has 1 aromatic carbocycles. The van der Waals surface area contributed by atoms with Gasteiger partial charge in [-0.25, -0.2) is 0 Å². The second-order valence-corrected chi connectivity index (χ2v) is 5.59. The van der Waals surface area contributed by atoms with Crippen LogP contribution >= 0.6 is 22.6 Å². The Bertz CT molecular complexity index is 372. The van der Waals surface area contributed by atoms with Crippen LogP contribution in [0.3, 0.4) is 0 Å². The molecule has 3 nitrogen and oxygen atoms in total. The van der Waals surface area contributed by atoms with Crippen LogP contribution in [0.4, 0.5) is 0 Å². The Kier molecular flexibility index (Phi) is 4.79. The smallest absolute Gasteiger partial charge is 0.251 e. The van der Waals surface area contributed by atoms with E-state index in [1.807, 2.05) is 24.3 Å². The Balaban J connectivity index is 1.75. The first kappa shape index (κ1) is 12.8. The molecule has 0 aliphatic carbocycles. The highest BCUT2D eigenvalue weighted by molar-refractivity contribution is 14.1. The highest BCUT2D eigenvalue weighted by Crippen LogP contribution is 2.08. The first-order valence-electron chi connectivity index (χ1n) is 6.03. The molecule has 1 aliphatic heterocycles. The number of hydrogen-bond acceptors (Lipinski definition) is 2. The first-order chi connectivity index (χ1) is 8.25. The molecule has 1 aliphatic rings. The number of carbonyl (C=O) groups excluding carboxylic acids is 1. The molecule has 1 heterocycles. The number of benzene rings is 1. The summed E-state index contributed by atoms with van der Waals surface area (Å²) in [4.78, 5) is 11.8. The number of halogens is 1. The first-order valence-corrected chi connectivity index (χ1v) is 7.11. The van der Waals surface area contributed by atoms with E-state index in [0.717, 1.165) is 28.6 Å². The molecule has 0 spiro atoms. The van der Waals surface area contributed by atoms with Crippen LogP contribution in [-0.2, 0) is 0 Å². The summed E-state index contributed by atoms with van der Waals surface area (Å²) in [7, 11) is 0. The van der Waals surface area contributed by atoms with E-state index in [4.69, 9.17) is 0 Å². The minimum absolute atomic E-state index is 0.0272. The molecule has 0 aromatic heterocycles. The van der Waals surface area contributed by atoms with Gasteiger partial charge >= 0.3 is 0 Å². The summed E-state index contributed by atoms with van der Waals surface area (Å²) < 4.78 is 1.15. The van der Waals surface area contributed by atoms with Crippen molar-refractivity contribution in [2.45, 2.75) is 25.3 Å². The third-order valence-electron chi connectivity index (χ3n) is 3.05. The van der Waals surface area contributed by atoms with Crippen LogP contribution in [0, 0.1) is 3.57 Å². The van der Waals surface area contributed by atoms with Crippen molar-refractivity contribution in [2.24, 2.45) is 0 Å². The highest BCUT2D eigenvalue weighted by atomic mass is 127. The summed E-state index contributed by atoms with van der Waals surface area (Å²) in [5.74, 6) is 0.0272. The highest BCUT2D eigenvalue weighted by Gasteiger charge is 2.13. The van der Waals surface area contributed by atoms with Crippen molar-refractivity contribution < 1.29 is 4.79 Å². The lowest BCUT2D eigenvalue weighted by Crippen LogP contribution is -2.30. The van der Waals surface area contributed by atoms with Crippen molar-refractivity contribution in [1.29, 1.82) is 0 Å². The molecule has 1 amide bonds. The summed E-state index contributed by atoms with van der Waals surface area (Å²) in [5, 5.41) is 6.39. The molecule has 1 saturated heterocycles. The third-order valence-corrected chi connectivity index (χ3v) is 3.77. The maximum absolute atomic E-state index is 11.8. The van der Waals surface area contributed by atoms with Gasteiger partial charge in [-0.05, 0) is 72.7 Å². The summed E-state index contributed by atoms with van der Waals surface area (Å²) in [5.41, 5.74) is 0.741. The predicted molar refractivity (Wildman–Crippen MR) is 77.1 cm³/mol. The Morgan fingerprint density at radius 1 is 1.41 bits per heavy atom. The Hall–Kier alpha value is -0.620. The van der Waals surface area contributed by atoms with E-state index in [1.165, 1.54) is 12.8 Å². The van der Waals surface area contributed by atoms with Crippen molar-refractivity contribution in [3.05, 3.63) is 33.4 Å². The topological polar surface area (TPSA) is 41.1 Å². The molecule has 0 unspecified atom stereocenters. The van der Waals surface area contributed by atoms with E-state index >= 15 is 0 Å². The standard InChI is InChI=1S/C13H17IN2O/c14-11-5-3-10(4-6-11)13(17)16-9-7-12-2-1-8-15-12/h3-6,12,15H,1-2,7-9H2,(H,16,17)/t12-/m0/s1. The lowest BCUT2D eigenvalue weighted by molar-refractivity contribution is 0.0952. The summed E-state index contributed by atoms with van der Waals surface area (Å²) in [6, 6.07) is 8.23. The molecule has 2 rings (SSSR count). The quantitative estimate of drug-likeness (QED) is 0.822. The number of hydrogen-bond donors (Lipinski definition) is 2.